The number of amides is 1. The van der Waals surface area contributed by atoms with Crippen molar-refractivity contribution in [2.45, 2.75) is 6.92 Å². The summed E-state index contributed by atoms with van der Waals surface area (Å²) in [6.45, 7) is 1.83. The number of aryl methyl sites for hydroxylation is 1. The fourth-order valence-corrected chi connectivity index (χ4v) is 3.79. The zero-order chi connectivity index (χ0) is 18.9. The molecule has 136 valence electrons. The predicted molar refractivity (Wildman–Crippen MR) is 106 cm³/mol. The lowest BCUT2D eigenvalue weighted by molar-refractivity contribution is -0.116. The predicted octanol–water partition coefficient (Wildman–Crippen LogP) is 3.10. The van der Waals surface area contributed by atoms with Crippen molar-refractivity contribution in [2.24, 2.45) is 0 Å². The first-order valence-corrected chi connectivity index (χ1v) is 10.6. The van der Waals surface area contributed by atoms with Crippen LogP contribution in [0.15, 0.2) is 42.5 Å². The molecule has 6 nitrogen and oxygen atoms in total. The highest BCUT2D eigenvalue weighted by Crippen LogP contribution is 2.31. The van der Waals surface area contributed by atoms with E-state index in [1.54, 1.807) is 23.5 Å². The zero-order valence-electron chi connectivity index (χ0n) is 14.7. The number of benzene rings is 2. The number of carbonyl (C=O) groups excluding carboxylic acids is 1. The molecule has 0 fully saturated rings. The van der Waals surface area contributed by atoms with E-state index in [4.69, 9.17) is 0 Å². The van der Waals surface area contributed by atoms with Gasteiger partial charge >= 0.3 is 0 Å². The van der Waals surface area contributed by atoms with E-state index in [0.717, 1.165) is 31.3 Å². The van der Waals surface area contributed by atoms with E-state index in [-0.39, 0.29) is 12.5 Å². The van der Waals surface area contributed by atoms with E-state index in [1.165, 1.54) is 12.6 Å². The van der Waals surface area contributed by atoms with Crippen LogP contribution in [-0.2, 0) is 14.8 Å². The van der Waals surface area contributed by atoms with Gasteiger partial charge < -0.3 is 5.32 Å². The Labute approximate surface area is 156 Å². The maximum atomic E-state index is 11.9. The molecule has 0 aliphatic heterocycles. The number of nitrogens with zero attached hydrogens (tertiary/aromatic N) is 2. The summed E-state index contributed by atoms with van der Waals surface area (Å²) < 4.78 is 24.9. The lowest BCUT2D eigenvalue weighted by atomic mass is 10.2. The van der Waals surface area contributed by atoms with Gasteiger partial charge in [-0.15, -0.1) is 11.3 Å². The average molecular weight is 390 g/mol. The second-order valence-electron chi connectivity index (χ2n) is 6.13. The second kappa shape index (κ2) is 7.14. The molecule has 3 rings (SSSR count). The van der Waals surface area contributed by atoms with Gasteiger partial charge in [-0.1, -0.05) is 6.07 Å². The van der Waals surface area contributed by atoms with E-state index in [1.807, 2.05) is 24.3 Å². The van der Waals surface area contributed by atoms with Gasteiger partial charge in [0.15, 0.2) is 0 Å². The summed E-state index contributed by atoms with van der Waals surface area (Å²) in [5, 5.41) is 3.61. The molecular weight excluding hydrogens is 370 g/mol. The molecule has 2 aromatic carbocycles. The fraction of sp³-hybridized carbons (Fsp3) is 0.222. The number of hydrogen-bond acceptors (Lipinski definition) is 5. The summed E-state index contributed by atoms with van der Waals surface area (Å²) in [7, 11) is -2.02. The minimum Gasteiger partial charge on any atom is -0.325 e. The first kappa shape index (κ1) is 18.5. The molecule has 0 spiro atoms. The van der Waals surface area contributed by atoms with Gasteiger partial charge in [0.1, 0.15) is 5.01 Å². The van der Waals surface area contributed by atoms with Gasteiger partial charge in [0.2, 0.25) is 15.9 Å². The van der Waals surface area contributed by atoms with Crippen molar-refractivity contribution in [3.8, 4) is 10.6 Å². The quantitative estimate of drug-likeness (QED) is 0.727. The Bertz CT molecular complexity index is 1060. The summed E-state index contributed by atoms with van der Waals surface area (Å²) in [5.74, 6) is -0.388. The van der Waals surface area contributed by atoms with Gasteiger partial charge in [0.25, 0.3) is 0 Å². The molecule has 0 atom stereocenters. The molecule has 3 aromatic rings. The lowest BCUT2D eigenvalue weighted by Gasteiger charge is -2.13. The number of thiazole rings is 1. The summed E-state index contributed by atoms with van der Waals surface area (Å²) in [6, 6.07) is 13.5. The highest BCUT2D eigenvalue weighted by molar-refractivity contribution is 7.88. The zero-order valence-corrected chi connectivity index (χ0v) is 16.3. The summed E-state index contributed by atoms with van der Waals surface area (Å²) in [6.07, 6.45) is 1.06. The molecule has 0 aliphatic carbocycles. The number of fused-ring (bicyclic) bond motifs is 1. The topological polar surface area (TPSA) is 79.4 Å². The Morgan fingerprint density at radius 1 is 1.19 bits per heavy atom. The number of anilines is 1. The van der Waals surface area contributed by atoms with Crippen LogP contribution >= 0.6 is 11.3 Å². The van der Waals surface area contributed by atoms with Crippen molar-refractivity contribution in [3.63, 3.8) is 0 Å². The highest BCUT2D eigenvalue weighted by atomic mass is 32.2. The summed E-state index contributed by atoms with van der Waals surface area (Å²) in [5.41, 5.74) is 3.74. The minimum atomic E-state index is -3.38. The molecule has 1 amide bonds. The minimum absolute atomic E-state index is 0.224. The van der Waals surface area contributed by atoms with Gasteiger partial charge in [0.05, 0.1) is 23.0 Å². The van der Waals surface area contributed by atoms with Crippen molar-refractivity contribution in [2.75, 3.05) is 25.2 Å². The van der Waals surface area contributed by atoms with Crippen LogP contribution in [0.2, 0.25) is 0 Å². The van der Waals surface area contributed by atoms with Gasteiger partial charge in [-0.05, 0) is 48.9 Å². The van der Waals surface area contributed by atoms with Crippen molar-refractivity contribution in [1.29, 1.82) is 0 Å². The maximum Gasteiger partial charge on any atom is 0.239 e. The Kier molecular flexibility index (Phi) is 5.08. The number of aromatic nitrogens is 1. The molecule has 0 aliphatic rings. The van der Waals surface area contributed by atoms with Crippen molar-refractivity contribution < 1.29 is 13.2 Å². The molecule has 26 heavy (non-hydrogen) atoms. The van der Waals surface area contributed by atoms with Crippen LogP contribution in [-0.4, -0.2) is 43.5 Å². The maximum absolute atomic E-state index is 11.9. The molecule has 1 aromatic heterocycles. The molecular formula is C18H19N3O3S2. The molecule has 1 N–H and O–H groups in total. The number of nitrogens with one attached hydrogen (secondary N) is 1. The molecule has 0 saturated heterocycles. The molecule has 0 radical (unpaired) electrons. The van der Waals surface area contributed by atoms with Crippen molar-refractivity contribution >= 4 is 43.2 Å². The van der Waals surface area contributed by atoms with Crippen LogP contribution in [0.1, 0.15) is 5.56 Å². The Balaban J connectivity index is 1.72. The average Bonchev–Trinajstić information content (AvgIpc) is 2.97. The molecule has 0 saturated carbocycles. The SMILES string of the molecule is Cc1ccc2nc(-c3ccc(NC(=O)CN(C)S(C)(=O)=O)cc3)sc2c1. The molecule has 8 heteroatoms. The summed E-state index contributed by atoms with van der Waals surface area (Å²) in [4.78, 5) is 16.6. The number of likely N-dealkylation sites (N-methyl/N-ethyl adjacent to an activating group) is 1. The summed E-state index contributed by atoms with van der Waals surface area (Å²) >= 11 is 1.62. The third kappa shape index (κ3) is 4.27. The molecule has 0 unspecified atom stereocenters. The van der Waals surface area contributed by atoms with E-state index in [2.05, 4.69) is 23.3 Å². The van der Waals surface area contributed by atoms with E-state index >= 15 is 0 Å². The van der Waals surface area contributed by atoms with Gasteiger partial charge in [0, 0.05) is 18.3 Å². The second-order valence-corrected chi connectivity index (χ2v) is 9.25. The van der Waals surface area contributed by atoms with Gasteiger partial charge in [-0.25, -0.2) is 13.4 Å². The Hall–Kier alpha value is -2.29. The Morgan fingerprint density at radius 2 is 1.88 bits per heavy atom. The van der Waals surface area contributed by atoms with E-state index in [9.17, 15) is 13.2 Å². The number of hydrogen-bond donors (Lipinski definition) is 1. The van der Waals surface area contributed by atoms with Crippen LogP contribution in [0.25, 0.3) is 20.8 Å². The molecule has 0 bridgehead atoms. The van der Waals surface area contributed by atoms with Gasteiger partial charge in [-0.3, -0.25) is 4.79 Å². The van der Waals surface area contributed by atoms with Crippen molar-refractivity contribution in [1.82, 2.24) is 9.29 Å². The number of sulfonamides is 1. The molecule has 1 heterocycles. The smallest absolute Gasteiger partial charge is 0.239 e. The van der Waals surface area contributed by atoms with Crippen LogP contribution in [0.3, 0.4) is 0 Å². The van der Waals surface area contributed by atoms with Crippen LogP contribution < -0.4 is 5.32 Å². The van der Waals surface area contributed by atoms with E-state index < -0.39 is 10.0 Å². The first-order valence-electron chi connectivity index (χ1n) is 7.91. The van der Waals surface area contributed by atoms with Crippen LogP contribution in [0, 0.1) is 6.92 Å². The van der Waals surface area contributed by atoms with Crippen LogP contribution in [0.5, 0.6) is 0 Å². The van der Waals surface area contributed by atoms with Crippen molar-refractivity contribution in [3.05, 3.63) is 48.0 Å². The number of rotatable bonds is 5. The fourth-order valence-electron chi connectivity index (χ4n) is 2.37. The van der Waals surface area contributed by atoms with Crippen LogP contribution in [0.4, 0.5) is 5.69 Å². The third-order valence-corrected chi connectivity index (χ3v) is 6.22. The van der Waals surface area contributed by atoms with Gasteiger partial charge in [-0.2, -0.15) is 4.31 Å². The third-order valence-electron chi connectivity index (χ3n) is 3.89. The standard InChI is InChI=1S/C18H19N3O3S2/c1-12-4-9-15-16(10-12)25-18(20-15)13-5-7-14(8-6-13)19-17(22)11-21(2)26(3,23)24/h4-10H,11H2,1-3H3,(H,19,22). The lowest BCUT2D eigenvalue weighted by Crippen LogP contribution is -2.34. The van der Waals surface area contributed by atoms with E-state index in [0.29, 0.717) is 5.69 Å². The largest absolute Gasteiger partial charge is 0.325 e. The monoisotopic (exact) mass is 389 g/mol. The number of carbonyl (C=O) groups is 1. The first-order chi connectivity index (χ1) is 12.2. The highest BCUT2D eigenvalue weighted by Gasteiger charge is 2.15. The normalized spacial score (nSPS) is 11.8. The Morgan fingerprint density at radius 3 is 2.54 bits per heavy atom.